The van der Waals surface area contributed by atoms with Crippen molar-refractivity contribution in [3.8, 4) is 0 Å². The maximum Gasteiger partial charge on any atom is 0.303 e. The summed E-state index contributed by atoms with van der Waals surface area (Å²) in [6.07, 6.45) is 0.180. The smallest absolute Gasteiger partial charge is 0.303 e. The van der Waals surface area contributed by atoms with E-state index in [4.69, 9.17) is 5.11 Å². The maximum absolute atomic E-state index is 10.2. The molecule has 0 aromatic heterocycles. The molecule has 0 bridgehead atoms. The lowest BCUT2D eigenvalue weighted by Gasteiger charge is -2.26. The van der Waals surface area contributed by atoms with Gasteiger partial charge in [0.25, 0.3) is 0 Å². The summed E-state index contributed by atoms with van der Waals surface area (Å²) >= 11 is 0. The van der Waals surface area contributed by atoms with Gasteiger partial charge in [-0.25, -0.2) is 0 Å². The Balaban J connectivity index is 3.82. The molecule has 2 N–H and O–H groups in total. The Labute approximate surface area is 67.0 Å². The molecule has 3 nitrogen and oxygen atoms in total. The van der Waals surface area contributed by atoms with Gasteiger partial charge in [-0.05, 0) is 18.8 Å². The minimum Gasteiger partial charge on any atom is -0.481 e. The van der Waals surface area contributed by atoms with Gasteiger partial charge in [0.2, 0.25) is 0 Å². The van der Waals surface area contributed by atoms with Crippen LogP contribution in [-0.2, 0) is 4.79 Å². The van der Waals surface area contributed by atoms with Crippen molar-refractivity contribution in [1.29, 1.82) is 0 Å². The van der Waals surface area contributed by atoms with Crippen LogP contribution in [0, 0.1) is 5.41 Å². The first-order valence-corrected chi connectivity index (χ1v) is 3.76. The van der Waals surface area contributed by atoms with Gasteiger partial charge >= 0.3 is 5.97 Å². The molecule has 11 heavy (non-hydrogen) atoms. The van der Waals surface area contributed by atoms with Crippen molar-refractivity contribution in [2.24, 2.45) is 5.41 Å². The first-order valence-electron chi connectivity index (χ1n) is 3.76. The number of aliphatic hydroxyl groups is 1. The van der Waals surface area contributed by atoms with E-state index in [1.807, 2.05) is 13.8 Å². The van der Waals surface area contributed by atoms with Crippen molar-refractivity contribution in [3.63, 3.8) is 0 Å². The van der Waals surface area contributed by atoms with E-state index in [1.165, 1.54) is 0 Å². The van der Waals surface area contributed by atoms with E-state index in [-0.39, 0.29) is 11.8 Å². The van der Waals surface area contributed by atoms with Gasteiger partial charge in [0.1, 0.15) is 0 Å². The quantitative estimate of drug-likeness (QED) is 0.651. The van der Waals surface area contributed by atoms with Crippen LogP contribution >= 0.6 is 0 Å². The second-order valence-electron chi connectivity index (χ2n) is 3.56. The summed E-state index contributed by atoms with van der Waals surface area (Å²) in [5, 5.41) is 17.6. The number of rotatable bonds is 4. The second-order valence-corrected chi connectivity index (χ2v) is 3.56. The number of aliphatic hydroxyl groups excluding tert-OH is 1. The Morgan fingerprint density at radius 3 is 2.27 bits per heavy atom. The third-order valence-electron chi connectivity index (χ3n) is 2.11. The summed E-state index contributed by atoms with van der Waals surface area (Å²) in [5.74, 6) is -0.807. The van der Waals surface area contributed by atoms with Crippen molar-refractivity contribution in [2.45, 2.75) is 39.7 Å². The number of carbonyl (C=O) groups is 1. The van der Waals surface area contributed by atoms with Crippen molar-refractivity contribution in [3.05, 3.63) is 0 Å². The van der Waals surface area contributed by atoms with E-state index in [0.29, 0.717) is 6.42 Å². The second kappa shape index (κ2) is 3.72. The van der Waals surface area contributed by atoms with E-state index in [1.54, 1.807) is 6.92 Å². The lowest BCUT2D eigenvalue weighted by Crippen LogP contribution is -2.26. The van der Waals surface area contributed by atoms with Crippen LogP contribution in [0.5, 0.6) is 0 Å². The Bertz CT molecular complexity index is 138. The molecule has 0 aromatic carbocycles. The summed E-state index contributed by atoms with van der Waals surface area (Å²) in [6, 6.07) is 0. The van der Waals surface area contributed by atoms with Gasteiger partial charge in [-0.15, -0.1) is 0 Å². The normalized spacial score (nSPS) is 14.5. The van der Waals surface area contributed by atoms with Crippen molar-refractivity contribution in [1.82, 2.24) is 0 Å². The molecule has 0 radical (unpaired) electrons. The highest BCUT2D eigenvalue weighted by Gasteiger charge is 2.24. The van der Waals surface area contributed by atoms with Gasteiger partial charge in [-0.3, -0.25) is 4.79 Å². The number of hydrogen-bond acceptors (Lipinski definition) is 2. The van der Waals surface area contributed by atoms with Crippen LogP contribution in [0.25, 0.3) is 0 Å². The summed E-state index contributed by atoms with van der Waals surface area (Å²) < 4.78 is 0. The zero-order chi connectivity index (χ0) is 9.07. The third kappa shape index (κ3) is 3.98. The van der Waals surface area contributed by atoms with Crippen LogP contribution in [0.2, 0.25) is 0 Å². The lowest BCUT2D eigenvalue weighted by molar-refractivity contribution is -0.138. The Morgan fingerprint density at radius 1 is 1.55 bits per heavy atom. The molecule has 0 saturated carbocycles. The topological polar surface area (TPSA) is 57.5 Å². The van der Waals surface area contributed by atoms with Gasteiger partial charge in [0, 0.05) is 6.42 Å². The van der Waals surface area contributed by atoms with Gasteiger partial charge in [0.15, 0.2) is 0 Å². The maximum atomic E-state index is 10.2. The Kier molecular flexibility index (Phi) is 3.52. The molecular formula is C8H16O3. The highest BCUT2D eigenvalue weighted by atomic mass is 16.4. The third-order valence-corrected chi connectivity index (χ3v) is 2.11. The summed E-state index contributed by atoms with van der Waals surface area (Å²) in [4.78, 5) is 10.2. The predicted octanol–water partition coefficient (Wildman–Crippen LogP) is 1.26. The molecule has 0 saturated heterocycles. The number of carboxylic acid groups (broad SMARTS) is 1. The Hall–Kier alpha value is -0.570. The van der Waals surface area contributed by atoms with E-state index < -0.39 is 12.1 Å². The molecule has 0 fully saturated rings. The zero-order valence-corrected chi connectivity index (χ0v) is 7.29. The SMILES string of the molecule is CC(O)C(C)(C)CCC(=O)O. The molecule has 0 amide bonds. The molecule has 0 spiro atoms. The summed E-state index contributed by atoms with van der Waals surface area (Å²) in [6.45, 7) is 5.41. The molecule has 66 valence electrons. The minimum atomic E-state index is -0.807. The molecule has 0 rings (SSSR count). The monoisotopic (exact) mass is 160 g/mol. The first kappa shape index (κ1) is 10.4. The molecule has 1 atom stereocenters. The average Bonchev–Trinajstić information content (AvgIpc) is 1.84. The zero-order valence-electron chi connectivity index (χ0n) is 7.29. The van der Waals surface area contributed by atoms with Gasteiger partial charge in [-0.2, -0.15) is 0 Å². The summed E-state index contributed by atoms with van der Waals surface area (Å²) in [5.41, 5.74) is -0.293. The minimum absolute atomic E-state index is 0.123. The molecule has 0 aliphatic carbocycles. The van der Waals surface area contributed by atoms with Crippen LogP contribution < -0.4 is 0 Å². The van der Waals surface area contributed by atoms with Gasteiger partial charge in [0.05, 0.1) is 6.10 Å². The van der Waals surface area contributed by atoms with Gasteiger partial charge < -0.3 is 10.2 Å². The molecule has 1 unspecified atom stereocenters. The highest BCUT2D eigenvalue weighted by molar-refractivity contribution is 5.66. The molecule has 0 aliphatic rings. The number of aliphatic carboxylic acids is 1. The van der Waals surface area contributed by atoms with E-state index in [0.717, 1.165) is 0 Å². The van der Waals surface area contributed by atoms with Crippen LogP contribution in [-0.4, -0.2) is 22.3 Å². The van der Waals surface area contributed by atoms with Crippen LogP contribution in [0.4, 0.5) is 0 Å². The highest BCUT2D eigenvalue weighted by Crippen LogP contribution is 2.26. The lowest BCUT2D eigenvalue weighted by atomic mass is 9.83. The van der Waals surface area contributed by atoms with Gasteiger partial charge in [-0.1, -0.05) is 13.8 Å². The fourth-order valence-corrected chi connectivity index (χ4v) is 0.638. The average molecular weight is 160 g/mol. The molecule has 0 aliphatic heterocycles. The fraction of sp³-hybridized carbons (Fsp3) is 0.875. The van der Waals surface area contributed by atoms with E-state index in [2.05, 4.69) is 0 Å². The fourth-order valence-electron chi connectivity index (χ4n) is 0.638. The molecule has 3 heteroatoms. The van der Waals surface area contributed by atoms with E-state index in [9.17, 15) is 9.90 Å². The van der Waals surface area contributed by atoms with Crippen LogP contribution in [0.3, 0.4) is 0 Å². The molecular weight excluding hydrogens is 144 g/mol. The van der Waals surface area contributed by atoms with Crippen molar-refractivity contribution >= 4 is 5.97 Å². The van der Waals surface area contributed by atoms with Crippen molar-refractivity contribution < 1.29 is 15.0 Å². The summed E-state index contributed by atoms with van der Waals surface area (Å²) in [7, 11) is 0. The molecule has 0 heterocycles. The van der Waals surface area contributed by atoms with E-state index >= 15 is 0 Å². The predicted molar refractivity (Wildman–Crippen MR) is 42.3 cm³/mol. The Morgan fingerprint density at radius 2 is 2.00 bits per heavy atom. The number of carboxylic acids is 1. The largest absolute Gasteiger partial charge is 0.481 e. The van der Waals surface area contributed by atoms with Crippen LogP contribution in [0.1, 0.15) is 33.6 Å². The van der Waals surface area contributed by atoms with Crippen molar-refractivity contribution in [2.75, 3.05) is 0 Å². The standard InChI is InChI=1S/C8H16O3/c1-6(9)8(2,3)5-4-7(10)11/h6,9H,4-5H2,1-3H3,(H,10,11). The number of hydrogen-bond donors (Lipinski definition) is 2. The van der Waals surface area contributed by atoms with Crippen LogP contribution in [0.15, 0.2) is 0 Å². The molecule has 0 aromatic rings. The first-order chi connectivity index (χ1) is 4.86.